The predicted molar refractivity (Wildman–Crippen MR) is 116 cm³/mol. The number of methoxy groups -OCH3 is 1. The number of nitrogens with one attached hydrogen (secondary N) is 2. The minimum atomic E-state index is -0.188. The second-order valence-electron chi connectivity index (χ2n) is 9.49. The van der Waals surface area contributed by atoms with E-state index in [1.54, 1.807) is 13.2 Å². The van der Waals surface area contributed by atoms with Crippen molar-refractivity contribution < 1.29 is 9.53 Å². The number of rotatable bonds is 5. The first-order chi connectivity index (χ1) is 13.8. The molecule has 2 atom stereocenters. The fourth-order valence-corrected chi connectivity index (χ4v) is 4.14. The second-order valence-corrected chi connectivity index (χ2v) is 9.49. The normalized spacial score (nSPS) is 22.2. The lowest BCUT2D eigenvalue weighted by Gasteiger charge is -2.23. The molecule has 0 radical (unpaired) electrons. The van der Waals surface area contributed by atoms with E-state index in [2.05, 4.69) is 43.5 Å². The maximum Gasteiger partial charge on any atom is 0.270 e. The van der Waals surface area contributed by atoms with E-state index in [0.717, 1.165) is 29.4 Å². The summed E-state index contributed by atoms with van der Waals surface area (Å²) in [6.45, 7) is 7.91. The molecule has 0 bridgehead atoms. The quantitative estimate of drug-likeness (QED) is 0.723. The van der Waals surface area contributed by atoms with Crippen molar-refractivity contribution in [2.75, 3.05) is 25.9 Å². The fraction of sp³-hybridized carbons (Fsp3) is 0.565. The van der Waals surface area contributed by atoms with Gasteiger partial charge in [-0.15, -0.1) is 0 Å². The van der Waals surface area contributed by atoms with Gasteiger partial charge >= 0.3 is 0 Å². The summed E-state index contributed by atoms with van der Waals surface area (Å²) >= 11 is 0. The van der Waals surface area contributed by atoms with Crippen molar-refractivity contribution >= 4 is 22.5 Å². The van der Waals surface area contributed by atoms with Crippen molar-refractivity contribution in [2.24, 2.45) is 0 Å². The number of fused-ring (bicyclic) bond motifs is 1. The molecule has 1 amide bonds. The van der Waals surface area contributed by atoms with E-state index < -0.39 is 0 Å². The van der Waals surface area contributed by atoms with Crippen LogP contribution in [0.25, 0.3) is 10.9 Å². The Balaban J connectivity index is 1.62. The summed E-state index contributed by atoms with van der Waals surface area (Å²) < 4.78 is 5.37. The number of ether oxygens (including phenoxy) is 1. The monoisotopic (exact) mass is 396 g/mol. The van der Waals surface area contributed by atoms with Gasteiger partial charge in [0, 0.05) is 37.3 Å². The topological polar surface area (TPSA) is 89.3 Å². The van der Waals surface area contributed by atoms with E-state index in [1.807, 2.05) is 0 Å². The fourth-order valence-electron chi connectivity index (χ4n) is 4.14. The number of nitrogens with zero attached hydrogens (tertiary/aromatic N) is 1. The van der Waals surface area contributed by atoms with Gasteiger partial charge in [-0.1, -0.05) is 26.8 Å². The minimum absolute atomic E-state index is 0.0827. The van der Waals surface area contributed by atoms with Gasteiger partial charge in [0.25, 0.3) is 5.91 Å². The number of hydrogen-bond donors (Lipinski definition) is 3. The maximum absolute atomic E-state index is 12.8. The summed E-state index contributed by atoms with van der Waals surface area (Å²) in [6, 6.07) is 6.36. The molecule has 6 heteroatoms. The zero-order valence-corrected chi connectivity index (χ0v) is 17.8. The van der Waals surface area contributed by atoms with Crippen molar-refractivity contribution in [2.45, 2.75) is 63.5 Å². The molecule has 2 heterocycles. The average Bonchev–Trinajstić information content (AvgIpc) is 3.42. The van der Waals surface area contributed by atoms with Gasteiger partial charge in [-0.2, -0.15) is 0 Å². The Bertz CT molecular complexity index is 931. The summed E-state index contributed by atoms with van der Waals surface area (Å²) in [4.78, 5) is 17.6. The van der Waals surface area contributed by atoms with E-state index in [1.165, 1.54) is 18.4 Å². The highest BCUT2D eigenvalue weighted by atomic mass is 16.5. The summed E-state index contributed by atoms with van der Waals surface area (Å²) in [5.41, 5.74) is 10.6. The van der Waals surface area contributed by atoms with Gasteiger partial charge in [-0.3, -0.25) is 4.79 Å². The van der Waals surface area contributed by atoms with Gasteiger partial charge in [0.2, 0.25) is 0 Å². The van der Waals surface area contributed by atoms with Gasteiger partial charge in [0.05, 0.1) is 11.6 Å². The van der Waals surface area contributed by atoms with Crippen LogP contribution in [0.1, 0.15) is 67.6 Å². The predicted octanol–water partition coefficient (Wildman–Crippen LogP) is 3.10. The zero-order valence-electron chi connectivity index (χ0n) is 17.8. The van der Waals surface area contributed by atoms with Gasteiger partial charge in [0.1, 0.15) is 5.69 Å². The third-order valence-electron chi connectivity index (χ3n) is 6.08. The number of pyridine rings is 1. The van der Waals surface area contributed by atoms with Crippen LogP contribution in [0.3, 0.4) is 0 Å². The molecule has 29 heavy (non-hydrogen) atoms. The van der Waals surface area contributed by atoms with Crippen LogP contribution in [0.4, 0.5) is 5.69 Å². The molecule has 0 spiro atoms. The Hall–Kier alpha value is -2.18. The lowest BCUT2D eigenvalue weighted by atomic mass is 9.83. The zero-order chi connectivity index (χ0) is 20.8. The highest BCUT2D eigenvalue weighted by Gasteiger charge is 2.28. The number of benzene rings is 1. The molecule has 1 saturated heterocycles. The number of nitrogen functional groups attached to an aromatic ring is 1. The van der Waals surface area contributed by atoms with Crippen molar-refractivity contribution in [1.29, 1.82) is 0 Å². The summed E-state index contributed by atoms with van der Waals surface area (Å²) in [5, 5.41) is 7.33. The molecule has 1 aliphatic carbocycles. The lowest BCUT2D eigenvalue weighted by Crippen LogP contribution is -2.37. The number of anilines is 1. The Labute approximate surface area is 172 Å². The summed E-state index contributed by atoms with van der Waals surface area (Å²) in [6.07, 6.45) is 3.58. The number of hydrogen-bond acceptors (Lipinski definition) is 5. The van der Waals surface area contributed by atoms with Crippen LogP contribution in [-0.4, -0.2) is 43.2 Å². The lowest BCUT2D eigenvalue weighted by molar-refractivity contribution is 0.0941. The molecular formula is C23H32N4O2. The van der Waals surface area contributed by atoms with Crippen LogP contribution in [0.5, 0.6) is 0 Å². The van der Waals surface area contributed by atoms with Crippen molar-refractivity contribution in [3.05, 3.63) is 35.0 Å². The van der Waals surface area contributed by atoms with Crippen LogP contribution in [0, 0.1) is 0 Å². The molecule has 2 aliphatic rings. The first kappa shape index (κ1) is 20.1. The first-order valence-electron chi connectivity index (χ1n) is 10.5. The number of carbonyl (C=O) groups is 1. The molecule has 2 aromatic rings. The molecule has 4 N–H and O–H groups in total. The summed E-state index contributed by atoms with van der Waals surface area (Å²) in [5.74, 6) is 0.449. The maximum atomic E-state index is 12.8. The van der Waals surface area contributed by atoms with E-state index >= 15 is 0 Å². The molecule has 4 rings (SSSR count). The highest BCUT2D eigenvalue weighted by Crippen LogP contribution is 2.44. The van der Waals surface area contributed by atoms with Crippen LogP contribution in [0.15, 0.2) is 18.2 Å². The van der Waals surface area contributed by atoms with E-state index in [0.29, 0.717) is 23.8 Å². The Morgan fingerprint density at radius 3 is 2.69 bits per heavy atom. The van der Waals surface area contributed by atoms with Crippen LogP contribution < -0.4 is 16.4 Å². The SMILES string of the molecule is CO[C@@H]1CN[C@@H](CNC(=O)c2cc(N)c3cc(C4CC4)cc(C(C)(C)C)c3n2)C1. The van der Waals surface area contributed by atoms with Crippen LogP contribution in [0.2, 0.25) is 0 Å². The Morgan fingerprint density at radius 2 is 2.07 bits per heavy atom. The van der Waals surface area contributed by atoms with Crippen molar-refractivity contribution in [3.63, 3.8) is 0 Å². The molecule has 2 fully saturated rings. The highest BCUT2D eigenvalue weighted by molar-refractivity contribution is 6.00. The summed E-state index contributed by atoms with van der Waals surface area (Å²) in [7, 11) is 1.72. The number of aromatic nitrogens is 1. The minimum Gasteiger partial charge on any atom is -0.398 e. The average molecular weight is 397 g/mol. The smallest absolute Gasteiger partial charge is 0.270 e. The van der Waals surface area contributed by atoms with Crippen LogP contribution in [-0.2, 0) is 10.2 Å². The van der Waals surface area contributed by atoms with E-state index in [-0.39, 0.29) is 23.5 Å². The standard InChI is InChI=1S/C23H32N4O2/c1-23(2,3)18-8-14(13-5-6-13)7-17-19(24)10-20(27-21(17)18)22(28)26-11-15-9-16(29-4)12-25-15/h7-8,10,13,15-16,25H,5-6,9,11-12H2,1-4H3,(H2,24,27)(H,26,28)/t15-,16+/m1/s1. The largest absolute Gasteiger partial charge is 0.398 e. The first-order valence-corrected chi connectivity index (χ1v) is 10.5. The molecule has 1 aromatic heterocycles. The second kappa shape index (κ2) is 7.58. The molecular weight excluding hydrogens is 364 g/mol. The number of amides is 1. The Morgan fingerprint density at radius 1 is 1.31 bits per heavy atom. The molecule has 0 unspecified atom stereocenters. The molecule has 1 aromatic carbocycles. The Kier molecular flexibility index (Phi) is 5.25. The van der Waals surface area contributed by atoms with Gasteiger partial charge in [0.15, 0.2) is 0 Å². The van der Waals surface area contributed by atoms with Crippen molar-refractivity contribution in [1.82, 2.24) is 15.6 Å². The van der Waals surface area contributed by atoms with Gasteiger partial charge < -0.3 is 21.1 Å². The third-order valence-corrected chi connectivity index (χ3v) is 6.08. The molecule has 1 aliphatic heterocycles. The van der Waals surface area contributed by atoms with Crippen molar-refractivity contribution in [3.8, 4) is 0 Å². The molecule has 6 nitrogen and oxygen atoms in total. The number of nitrogens with two attached hydrogens (primary N) is 1. The van der Waals surface area contributed by atoms with Gasteiger partial charge in [-0.05, 0) is 53.9 Å². The van der Waals surface area contributed by atoms with E-state index in [9.17, 15) is 4.79 Å². The van der Waals surface area contributed by atoms with Gasteiger partial charge in [-0.25, -0.2) is 4.98 Å². The number of carbonyl (C=O) groups excluding carboxylic acids is 1. The van der Waals surface area contributed by atoms with Crippen LogP contribution >= 0.6 is 0 Å². The molecule has 156 valence electrons. The van der Waals surface area contributed by atoms with E-state index in [4.69, 9.17) is 15.5 Å². The third kappa shape index (κ3) is 4.23. The molecule has 1 saturated carbocycles.